The molecule has 32 heavy (non-hydrogen) atoms. The molecule has 2 heterocycles. The van der Waals surface area contributed by atoms with Crippen molar-refractivity contribution in [2.45, 2.75) is 19.8 Å². The lowest BCUT2D eigenvalue weighted by molar-refractivity contribution is 0.0536. The molecule has 2 aliphatic rings. The molecule has 2 saturated heterocycles. The lowest BCUT2D eigenvalue weighted by atomic mass is 10.1. The van der Waals surface area contributed by atoms with E-state index in [-0.39, 0.29) is 24.0 Å². The van der Waals surface area contributed by atoms with Crippen LogP contribution in [0.5, 0.6) is 0 Å². The summed E-state index contributed by atoms with van der Waals surface area (Å²) < 4.78 is 10.7. The van der Waals surface area contributed by atoms with Crippen LogP contribution >= 0.6 is 24.0 Å². The molecule has 1 N–H and O–H groups in total. The molecule has 7 nitrogen and oxygen atoms in total. The molecule has 0 radical (unpaired) electrons. The summed E-state index contributed by atoms with van der Waals surface area (Å²) in [6, 6.07) is 8.85. The van der Waals surface area contributed by atoms with E-state index in [0.717, 1.165) is 71.3 Å². The summed E-state index contributed by atoms with van der Waals surface area (Å²) in [5.41, 5.74) is 2.69. The Morgan fingerprint density at radius 1 is 1.16 bits per heavy atom. The van der Waals surface area contributed by atoms with E-state index in [1.807, 2.05) is 7.05 Å². The Labute approximate surface area is 211 Å². The third-order valence-electron chi connectivity index (χ3n) is 6.26. The fourth-order valence-corrected chi connectivity index (χ4v) is 4.44. The molecule has 1 unspecified atom stereocenters. The van der Waals surface area contributed by atoms with Gasteiger partial charge < -0.3 is 24.6 Å². The standard InChI is InChI=1S/C24H41N5O2.HI/c1-21-6-4-7-23(18-21)28-14-12-27(13-15-28)10-5-9-26-24(25-2)29-11-8-22(19-29)20-31-17-16-30-3;/h4,6-7,18,22H,5,8-17,19-20H2,1-3H3,(H,25,26);1H. The zero-order valence-electron chi connectivity index (χ0n) is 20.1. The van der Waals surface area contributed by atoms with Crippen LogP contribution in [0.15, 0.2) is 29.3 Å². The number of halogens is 1. The monoisotopic (exact) mass is 559 g/mol. The molecule has 2 fully saturated rings. The van der Waals surface area contributed by atoms with Gasteiger partial charge in [-0.15, -0.1) is 24.0 Å². The molecule has 1 aromatic carbocycles. The van der Waals surface area contributed by atoms with E-state index in [9.17, 15) is 0 Å². The predicted molar refractivity (Wildman–Crippen MR) is 144 cm³/mol. The van der Waals surface area contributed by atoms with Crippen LogP contribution in [0.1, 0.15) is 18.4 Å². The first kappa shape index (κ1) is 27.1. The zero-order chi connectivity index (χ0) is 21.9. The fourth-order valence-electron chi connectivity index (χ4n) is 4.44. The van der Waals surface area contributed by atoms with Gasteiger partial charge in [-0.1, -0.05) is 12.1 Å². The lowest BCUT2D eigenvalue weighted by Gasteiger charge is -2.36. The molecule has 2 aliphatic heterocycles. The van der Waals surface area contributed by atoms with E-state index in [4.69, 9.17) is 9.47 Å². The SMILES string of the molecule is CN=C(NCCCN1CCN(c2cccc(C)c2)CC1)N1CCC(COCCOC)C1.I. The highest BCUT2D eigenvalue weighted by molar-refractivity contribution is 14.0. The number of hydrogen-bond donors (Lipinski definition) is 1. The van der Waals surface area contributed by atoms with Gasteiger partial charge in [-0.05, 0) is 44.0 Å². The number of anilines is 1. The van der Waals surface area contributed by atoms with Gasteiger partial charge in [0, 0.05) is 71.6 Å². The molecule has 1 aromatic rings. The van der Waals surface area contributed by atoms with E-state index in [0.29, 0.717) is 19.1 Å². The molecule has 3 rings (SSSR count). The summed E-state index contributed by atoms with van der Waals surface area (Å²) in [7, 11) is 3.59. The maximum atomic E-state index is 5.71. The van der Waals surface area contributed by atoms with Crippen molar-refractivity contribution in [2.24, 2.45) is 10.9 Å². The number of methoxy groups -OCH3 is 1. The van der Waals surface area contributed by atoms with Crippen molar-refractivity contribution in [2.75, 3.05) is 91.2 Å². The minimum atomic E-state index is 0. The number of likely N-dealkylation sites (tertiary alicyclic amines) is 1. The number of nitrogens with one attached hydrogen (secondary N) is 1. The van der Waals surface area contributed by atoms with Crippen molar-refractivity contribution in [3.05, 3.63) is 29.8 Å². The van der Waals surface area contributed by atoms with Crippen LogP contribution in [0.25, 0.3) is 0 Å². The van der Waals surface area contributed by atoms with Crippen LogP contribution in [0.4, 0.5) is 5.69 Å². The van der Waals surface area contributed by atoms with E-state index >= 15 is 0 Å². The number of rotatable bonds is 10. The van der Waals surface area contributed by atoms with Gasteiger partial charge in [-0.2, -0.15) is 0 Å². The fraction of sp³-hybridized carbons (Fsp3) is 0.708. The van der Waals surface area contributed by atoms with Crippen LogP contribution in [0.2, 0.25) is 0 Å². The summed E-state index contributed by atoms with van der Waals surface area (Å²) in [6.45, 7) is 13.0. The van der Waals surface area contributed by atoms with Crippen LogP contribution in [0.3, 0.4) is 0 Å². The number of hydrogen-bond acceptors (Lipinski definition) is 5. The molecule has 0 aliphatic carbocycles. The number of benzene rings is 1. The van der Waals surface area contributed by atoms with Crippen LogP contribution in [-0.2, 0) is 9.47 Å². The Morgan fingerprint density at radius 2 is 1.97 bits per heavy atom. The quantitative estimate of drug-likeness (QED) is 0.206. The van der Waals surface area contributed by atoms with Gasteiger partial charge in [0.05, 0.1) is 19.8 Å². The highest BCUT2D eigenvalue weighted by atomic mass is 127. The first-order valence-electron chi connectivity index (χ1n) is 11.8. The van der Waals surface area contributed by atoms with Gasteiger partial charge in [0.15, 0.2) is 5.96 Å². The normalized spacial score (nSPS) is 19.8. The Morgan fingerprint density at radius 3 is 2.69 bits per heavy atom. The molecule has 0 amide bonds. The van der Waals surface area contributed by atoms with Gasteiger partial charge >= 0.3 is 0 Å². The summed E-state index contributed by atoms with van der Waals surface area (Å²) in [4.78, 5) is 12.0. The Hall–Kier alpha value is -1.10. The van der Waals surface area contributed by atoms with Crippen molar-refractivity contribution in [3.63, 3.8) is 0 Å². The van der Waals surface area contributed by atoms with Crippen molar-refractivity contribution >= 4 is 35.6 Å². The van der Waals surface area contributed by atoms with E-state index in [1.165, 1.54) is 17.7 Å². The van der Waals surface area contributed by atoms with E-state index in [2.05, 4.69) is 56.2 Å². The van der Waals surface area contributed by atoms with Crippen molar-refractivity contribution in [1.29, 1.82) is 0 Å². The number of nitrogens with zero attached hydrogens (tertiary/aromatic N) is 4. The minimum absolute atomic E-state index is 0. The Balaban J connectivity index is 0.00000363. The number of guanidine groups is 1. The van der Waals surface area contributed by atoms with Gasteiger partial charge in [-0.25, -0.2) is 0 Å². The van der Waals surface area contributed by atoms with E-state index in [1.54, 1.807) is 7.11 Å². The lowest BCUT2D eigenvalue weighted by Crippen LogP contribution is -2.47. The van der Waals surface area contributed by atoms with Gasteiger partial charge in [0.1, 0.15) is 0 Å². The molecule has 0 aromatic heterocycles. The number of aliphatic imine (C=N–C) groups is 1. The first-order valence-corrected chi connectivity index (χ1v) is 11.8. The highest BCUT2D eigenvalue weighted by Crippen LogP contribution is 2.18. The van der Waals surface area contributed by atoms with Gasteiger partial charge in [0.25, 0.3) is 0 Å². The molecule has 0 spiro atoms. The van der Waals surface area contributed by atoms with Crippen LogP contribution in [-0.4, -0.2) is 102 Å². The smallest absolute Gasteiger partial charge is 0.193 e. The predicted octanol–water partition coefficient (Wildman–Crippen LogP) is 2.69. The van der Waals surface area contributed by atoms with Crippen LogP contribution < -0.4 is 10.2 Å². The number of aryl methyl sites for hydroxylation is 1. The average molecular weight is 560 g/mol. The largest absolute Gasteiger partial charge is 0.382 e. The highest BCUT2D eigenvalue weighted by Gasteiger charge is 2.25. The maximum absolute atomic E-state index is 5.71. The molecular formula is C24H42IN5O2. The Kier molecular flexibility index (Phi) is 12.7. The molecule has 8 heteroatoms. The van der Waals surface area contributed by atoms with Crippen LogP contribution in [0, 0.1) is 12.8 Å². The third-order valence-corrected chi connectivity index (χ3v) is 6.26. The summed E-state index contributed by atoms with van der Waals surface area (Å²) in [6.07, 6.45) is 2.31. The van der Waals surface area contributed by atoms with E-state index < -0.39 is 0 Å². The summed E-state index contributed by atoms with van der Waals surface area (Å²) in [5, 5.41) is 3.57. The molecule has 1 atom stereocenters. The van der Waals surface area contributed by atoms with Crippen molar-refractivity contribution in [3.8, 4) is 0 Å². The number of piperazine rings is 1. The maximum Gasteiger partial charge on any atom is 0.193 e. The second-order valence-electron chi connectivity index (χ2n) is 8.66. The zero-order valence-corrected chi connectivity index (χ0v) is 22.4. The average Bonchev–Trinajstić information content (AvgIpc) is 3.26. The van der Waals surface area contributed by atoms with Gasteiger partial charge in [-0.3, -0.25) is 9.89 Å². The second-order valence-corrected chi connectivity index (χ2v) is 8.66. The second kappa shape index (κ2) is 14.9. The Bertz CT molecular complexity index is 682. The molecule has 0 saturated carbocycles. The topological polar surface area (TPSA) is 52.6 Å². The van der Waals surface area contributed by atoms with Crippen molar-refractivity contribution in [1.82, 2.24) is 15.1 Å². The number of ether oxygens (including phenoxy) is 2. The summed E-state index contributed by atoms with van der Waals surface area (Å²) >= 11 is 0. The van der Waals surface area contributed by atoms with Crippen molar-refractivity contribution < 1.29 is 9.47 Å². The molecular weight excluding hydrogens is 517 g/mol. The third kappa shape index (κ3) is 8.68. The first-order chi connectivity index (χ1) is 15.2. The molecule has 182 valence electrons. The minimum Gasteiger partial charge on any atom is -0.382 e. The summed E-state index contributed by atoms with van der Waals surface area (Å²) in [5.74, 6) is 1.61. The molecule has 0 bridgehead atoms. The van der Waals surface area contributed by atoms with Gasteiger partial charge in [0.2, 0.25) is 0 Å².